The Bertz CT molecular complexity index is 538. The number of carboxylic acids is 1. The molecule has 4 heteroatoms. The Morgan fingerprint density at radius 1 is 1.29 bits per heavy atom. The van der Waals surface area contributed by atoms with Crippen LogP contribution < -0.4 is 0 Å². The number of aliphatic carboxylic acids is 1. The van der Waals surface area contributed by atoms with Gasteiger partial charge in [0, 0.05) is 12.5 Å². The Balaban J connectivity index is 1.60. The topological polar surface area (TPSA) is 57.6 Å². The third kappa shape index (κ3) is 3.09. The molecule has 1 amide bonds. The van der Waals surface area contributed by atoms with Crippen molar-refractivity contribution >= 4 is 11.9 Å². The fraction of sp³-hybridized carbons (Fsp3) is 0.529. The smallest absolute Gasteiger partial charge is 0.326 e. The SMILES string of the molecule is CC(C(=O)O)N(C(=O)C[C@@H]1C[C@H]1c1ccccc1)C1CC1. The largest absolute Gasteiger partial charge is 0.480 e. The standard InChI is InChI=1S/C17H21NO3/c1-11(17(20)21)18(14-7-8-14)16(19)10-13-9-15(13)12-5-3-2-4-6-12/h2-6,11,13-15H,7-10H2,1H3,(H,20,21)/t11?,13-,15-/m0/s1. The highest BCUT2D eigenvalue weighted by molar-refractivity contribution is 5.84. The number of carbonyl (C=O) groups is 2. The lowest BCUT2D eigenvalue weighted by Gasteiger charge is -2.26. The summed E-state index contributed by atoms with van der Waals surface area (Å²) >= 11 is 0. The first-order chi connectivity index (χ1) is 10.1. The first-order valence-corrected chi connectivity index (χ1v) is 7.67. The number of amides is 1. The quantitative estimate of drug-likeness (QED) is 0.875. The van der Waals surface area contributed by atoms with Gasteiger partial charge < -0.3 is 10.0 Å². The lowest BCUT2D eigenvalue weighted by molar-refractivity contribution is -0.150. The zero-order chi connectivity index (χ0) is 15.0. The van der Waals surface area contributed by atoms with E-state index in [-0.39, 0.29) is 11.9 Å². The van der Waals surface area contributed by atoms with Crippen LogP contribution in [0.15, 0.2) is 30.3 Å². The van der Waals surface area contributed by atoms with E-state index in [0.29, 0.717) is 18.3 Å². The first kappa shape index (κ1) is 14.1. The molecule has 1 aromatic rings. The summed E-state index contributed by atoms with van der Waals surface area (Å²) < 4.78 is 0. The lowest BCUT2D eigenvalue weighted by Crippen LogP contribution is -2.44. The van der Waals surface area contributed by atoms with Gasteiger partial charge in [0.15, 0.2) is 0 Å². The molecule has 3 rings (SSSR count). The van der Waals surface area contributed by atoms with Gasteiger partial charge in [0.25, 0.3) is 0 Å². The van der Waals surface area contributed by atoms with E-state index in [2.05, 4.69) is 12.1 Å². The van der Waals surface area contributed by atoms with Gasteiger partial charge in [0.2, 0.25) is 5.91 Å². The molecule has 3 atom stereocenters. The summed E-state index contributed by atoms with van der Waals surface area (Å²) in [5.74, 6) is -0.0556. The highest BCUT2D eigenvalue weighted by atomic mass is 16.4. The number of hydrogen-bond acceptors (Lipinski definition) is 2. The van der Waals surface area contributed by atoms with Crippen LogP contribution in [-0.2, 0) is 9.59 Å². The average molecular weight is 287 g/mol. The fourth-order valence-corrected chi connectivity index (χ4v) is 3.12. The van der Waals surface area contributed by atoms with Crippen LogP contribution in [-0.4, -0.2) is 34.0 Å². The summed E-state index contributed by atoms with van der Waals surface area (Å²) in [7, 11) is 0. The molecule has 1 unspecified atom stereocenters. The molecule has 2 aliphatic rings. The fourth-order valence-electron chi connectivity index (χ4n) is 3.12. The van der Waals surface area contributed by atoms with Crippen LogP contribution in [0.25, 0.3) is 0 Å². The van der Waals surface area contributed by atoms with Crippen molar-refractivity contribution < 1.29 is 14.7 Å². The van der Waals surface area contributed by atoms with Crippen molar-refractivity contribution in [3.63, 3.8) is 0 Å². The minimum atomic E-state index is -0.911. The van der Waals surface area contributed by atoms with Crippen molar-refractivity contribution in [1.29, 1.82) is 0 Å². The molecule has 0 saturated heterocycles. The summed E-state index contributed by atoms with van der Waals surface area (Å²) in [6, 6.07) is 9.69. The molecule has 0 radical (unpaired) electrons. The van der Waals surface area contributed by atoms with Crippen LogP contribution in [0.1, 0.15) is 44.1 Å². The van der Waals surface area contributed by atoms with E-state index in [4.69, 9.17) is 5.11 Å². The summed E-state index contributed by atoms with van der Waals surface area (Å²) in [6.45, 7) is 1.61. The summed E-state index contributed by atoms with van der Waals surface area (Å²) in [5, 5.41) is 9.16. The molecule has 112 valence electrons. The third-order valence-electron chi connectivity index (χ3n) is 4.59. The van der Waals surface area contributed by atoms with Crippen LogP contribution in [0.3, 0.4) is 0 Å². The van der Waals surface area contributed by atoms with Crippen molar-refractivity contribution in [1.82, 2.24) is 4.90 Å². The molecule has 1 aromatic carbocycles. The van der Waals surface area contributed by atoms with Crippen LogP contribution >= 0.6 is 0 Å². The molecule has 1 N–H and O–H groups in total. The Hall–Kier alpha value is -1.84. The Morgan fingerprint density at radius 3 is 2.52 bits per heavy atom. The van der Waals surface area contributed by atoms with Gasteiger partial charge in [-0.15, -0.1) is 0 Å². The number of rotatable bonds is 6. The van der Waals surface area contributed by atoms with Crippen molar-refractivity contribution in [3.8, 4) is 0 Å². The lowest BCUT2D eigenvalue weighted by atomic mass is 10.1. The van der Waals surface area contributed by atoms with Gasteiger partial charge >= 0.3 is 5.97 Å². The second-order valence-electron chi connectivity index (χ2n) is 6.26. The van der Waals surface area contributed by atoms with E-state index in [9.17, 15) is 9.59 Å². The van der Waals surface area contributed by atoms with E-state index in [1.54, 1.807) is 11.8 Å². The van der Waals surface area contributed by atoms with E-state index < -0.39 is 12.0 Å². The zero-order valence-electron chi connectivity index (χ0n) is 12.2. The number of nitrogens with zero attached hydrogens (tertiary/aromatic N) is 1. The summed E-state index contributed by atoms with van der Waals surface area (Å²) in [6.07, 6.45) is 3.40. The molecular weight excluding hydrogens is 266 g/mol. The van der Waals surface area contributed by atoms with E-state index in [0.717, 1.165) is 19.3 Å². The average Bonchev–Trinajstić information content (AvgIpc) is 3.35. The first-order valence-electron chi connectivity index (χ1n) is 7.67. The maximum absolute atomic E-state index is 12.5. The predicted molar refractivity (Wildman–Crippen MR) is 78.9 cm³/mol. The van der Waals surface area contributed by atoms with E-state index in [1.165, 1.54) is 5.56 Å². The minimum Gasteiger partial charge on any atom is -0.480 e. The molecule has 2 fully saturated rings. The van der Waals surface area contributed by atoms with Crippen LogP contribution in [0.5, 0.6) is 0 Å². The van der Waals surface area contributed by atoms with Crippen molar-refractivity contribution in [2.45, 2.75) is 50.6 Å². The normalized spacial score (nSPS) is 25.2. The van der Waals surface area contributed by atoms with Crippen LogP contribution in [0, 0.1) is 5.92 Å². The second-order valence-corrected chi connectivity index (χ2v) is 6.26. The second kappa shape index (κ2) is 5.51. The third-order valence-corrected chi connectivity index (χ3v) is 4.59. The Morgan fingerprint density at radius 2 is 1.95 bits per heavy atom. The zero-order valence-corrected chi connectivity index (χ0v) is 12.2. The predicted octanol–water partition coefficient (Wildman–Crippen LogP) is 2.64. The molecule has 0 aliphatic heterocycles. The number of carbonyl (C=O) groups excluding carboxylic acids is 1. The molecular formula is C17H21NO3. The van der Waals surface area contributed by atoms with Gasteiger partial charge in [-0.1, -0.05) is 30.3 Å². The maximum atomic E-state index is 12.5. The van der Waals surface area contributed by atoms with Gasteiger partial charge in [-0.2, -0.15) is 0 Å². The highest BCUT2D eigenvalue weighted by Crippen LogP contribution is 2.50. The molecule has 21 heavy (non-hydrogen) atoms. The number of carboxylic acid groups (broad SMARTS) is 1. The van der Waals surface area contributed by atoms with Gasteiger partial charge in [-0.25, -0.2) is 4.79 Å². The summed E-state index contributed by atoms with van der Waals surface area (Å²) in [4.78, 5) is 25.2. The molecule has 0 spiro atoms. The van der Waals surface area contributed by atoms with Gasteiger partial charge in [0.05, 0.1) is 0 Å². The Labute approximate surface area is 124 Å². The van der Waals surface area contributed by atoms with Gasteiger partial charge in [0.1, 0.15) is 6.04 Å². The maximum Gasteiger partial charge on any atom is 0.326 e. The van der Waals surface area contributed by atoms with E-state index in [1.807, 2.05) is 18.2 Å². The van der Waals surface area contributed by atoms with Gasteiger partial charge in [-0.05, 0) is 43.6 Å². The van der Waals surface area contributed by atoms with E-state index >= 15 is 0 Å². The van der Waals surface area contributed by atoms with Crippen LogP contribution in [0.4, 0.5) is 0 Å². The number of benzene rings is 1. The van der Waals surface area contributed by atoms with Crippen molar-refractivity contribution in [2.24, 2.45) is 5.92 Å². The molecule has 0 heterocycles. The molecule has 0 aromatic heterocycles. The van der Waals surface area contributed by atoms with Gasteiger partial charge in [-0.3, -0.25) is 4.79 Å². The minimum absolute atomic E-state index is 0.0100. The highest BCUT2D eigenvalue weighted by Gasteiger charge is 2.44. The molecule has 2 aliphatic carbocycles. The number of hydrogen-bond donors (Lipinski definition) is 1. The Kier molecular flexibility index (Phi) is 3.70. The van der Waals surface area contributed by atoms with Crippen molar-refractivity contribution in [3.05, 3.63) is 35.9 Å². The molecule has 4 nitrogen and oxygen atoms in total. The van der Waals surface area contributed by atoms with Crippen molar-refractivity contribution in [2.75, 3.05) is 0 Å². The monoisotopic (exact) mass is 287 g/mol. The molecule has 2 saturated carbocycles. The summed E-state index contributed by atoms with van der Waals surface area (Å²) in [5.41, 5.74) is 1.29. The molecule has 0 bridgehead atoms. The van der Waals surface area contributed by atoms with Crippen LogP contribution in [0.2, 0.25) is 0 Å².